The monoisotopic (exact) mass is 442 g/mol. The smallest absolute Gasteiger partial charge is 0.264 e. The fraction of sp³-hybridized carbons (Fsp3) is 0.211. The molecule has 8 heteroatoms. The molecule has 0 unspecified atom stereocenters. The summed E-state index contributed by atoms with van der Waals surface area (Å²) in [5, 5.41) is 0. The van der Waals surface area contributed by atoms with Crippen molar-refractivity contribution in [1.82, 2.24) is 4.98 Å². The number of halogens is 2. The Kier molecular flexibility index (Phi) is 8.10. The summed E-state index contributed by atoms with van der Waals surface area (Å²) in [7, 11) is -3.78. The van der Waals surface area contributed by atoms with E-state index in [-0.39, 0.29) is 9.23 Å². The quantitative estimate of drug-likeness (QED) is 0.504. The van der Waals surface area contributed by atoms with Crippen molar-refractivity contribution in [3.63, 3.8) is 0 Å². The van der Waals surface area contributed by atoms with Crippen LogP contribution in [0.4, 0.5) is 5.69 Å². The van der Waals surface area contributed by atoms with Gasteiger partial charge in [-0.05, 0) is 48.7 Å². The van der Waals surface area contributed by atoms with E-state index in [1.54, 1.807) is 12.3 Å². The van der Waals surface area contributed by atoms with Gasteiger partial charge in [0.05, 0.1) is 4.34 Å². The molecule has 0 radical (unpaired) electrons. The summed E-state index contributed by atoms with van der Waals surface area (Å²) in [6, 6.07) is 14.4. The van der Waals surface area contributed by atoms with E-state index in [9.17, 15) is 8.42 Å². The number of nitrogens with one attached hydrogen (secondary N) is 1. The van der Waals surface area contributed by atoms with Gasteiger partial charge in [-0.3, -0.25) is 9.71 Å². The highest BCUT2D eigenvalue weighted by atomic mass is 35.5. The average molecular weight is 443 g/mol. The molecule has 0 amide bonds. The number of pyridine rings is 1. The van der Waals surface area contributed by atoms with E-state index < -0.39 is 10.0 Å². The number of sulfonamides is 1. The third kappa shape index (κ3) is 6.21. The van der Waals surface area contributed by atoms with E-state index in [1.165, 1.54) is 6.07 Å². The Morgan fingerprint density at radius 1 is 1.04 bits per heavy atom. The molecule has 0 fully saturated rings. The number of rotatable bonds is 6. The molecular formula is C19H20Cl2N2O2S2. The van der Waals surface area contributed by atoms with Crippen molar-refractivity contribution < 1.29 is 8.42 Å². The zero-order chi connectivity index (χ0) is 19.9. The lowest BCUT2D eigenvalue weighted by Gasteiger charge is -2.09. The van der Waals surface area contributed by atoms with E-state index in [1.807, 2.05) is 50.2 Å². The highest BCUT2D eigenvalue weighted by Gasteiger charge is 2.21. The van der Waals surface area contributed by atoms with Crippen LogP contribution in [0.2, 0.25) is 8.67 Å². The number of nitrogens with zero attached hydrogens (tertiary/aromatic N) is 1. The highest BCUT2D eigenvalue weighted by molar-refractivity contribution is 7.93. The molecule has 0 saturated carbocycles. The number of aromatic nitrogens is 1. The van der Waals surface area contributed by atoms with E-state index in [0.29, 0.717) is 10.0 Å². The standard InChI is InChI=1S/C17H14Cl2N2O2S2.C2H6/c18-16-11-15(17(19)24-16)25(22,23)21-14-6-3-4-12(10-14)7-8-13-5-1-2-9-20-13;1-2/h1-6,9-11,21H,7-8H2;1-2H3. The van der Waals surface area contributed by atoms with Crippen molar-refractivity contribution in [1.29, 1.82) is 0 Å². The zero-order valence-corrected chi connectivity index (χ0v) is 18.1. The molecule has 0 aliphatic heterocycles. The molecule has 0 atom stereocenters. The Hall–Kier alpha value is -1.60. The molecule has 3 aromatic rings. The first-order chi connectivity index (χ1) is 12.9. The second-order valence-corrected chi connectivity index (χ2v) is 9.25. The fourth-order valence-electron chi connectivity index (χ4n) is 2.33. The number of thiophene rings is 1. The molecule has 0 aliphatic rings. The van der Waals surface area contributed by atoms with E-state index in [4.69, 9.17) is 23.2 Å². The Bertz CT molecular complexity index is 974. The van der Waals surface area contributed by atoms with Gasteiger partial charge in [0.25, 0.3) is 10.0 Å². The van der Waals surface area contributed by atoms with Crippen LogP contribution in [0.15, 0.2) is 59.6 Å². The van der Waals surface area contributed by atoms with Crippen molar-refractivity contribution >= 4 is 50.2 Å². The van der Waals surface area contributed by atoms with E-state index in [2.05, 4.69) is 9.71 Å². The van der Waals surface area contributed by atoms with Crippen LogP contribution in [0, 0.1) is 0 Å². The molecule has 4 nitrogen and oxygen atoms in total. The maximum Gasteiger partial charge on any atom is 0.264 e. The highest BCUT2D eigenvalue weighted by Crippen LogP contribution is 2.35. The van der Waals surface area contributed by atoms with Gasteiger partial charge in [-0.15, -0.1) is 11.3 Å². The number of hydrogen-bond acceptors (Lipinski definition) is 4. The van der Waals surface area contributed by atoms with Gasteiger partial charge in [-0.2, -0.15) is 0 Å². The average Bonchev–Trinajstić information content (AvgIpc) is 3.02. The van der Waals surface area contributed by atoms with Gasteiger partial charge in [-0.25, -0.2) is 8.42 Å². The maximum absolute atomic E-state index is 12.5. The van der Waals surface area contributed by atoms with Crippen molar-refractivity contribution in [2.45, 2.75) is 31.6 Å². The first-order valence-corrected chi connectivity index (χ1v) is 11.5. The molecule has 2 heterocycles. The predicted octanol–water partition coefficient (Wildman–Crippen LogP) is 6.06. The SMILES string of the molecule is CC.O=S(=O)(Nc1cccc(CCc2ccccn2)c1)c1cc(Cl)sc1Cl. The molecule has 1 N–H and O–H groups in total. The van der Waals surface area contributed by atoms with Crippen LogP contribution < -0.4 is 4.72 Å². The number of aryl methyl sites for hydroxylation is 2. The molecule has 0 saturated heterocycles. The van der Waals surface area contributed by atoms with Gasteiger partial charge < -0.3 is 0 Å². The number of benzene rings is 1. The molecule has 1 aromatic carbocycles. The van der Waals surface area contributed by atoms with Crippen LogP contribution >= 0.6 is 34.5 Å². The first-order valence-electron chi connectivity index (χ1n) is 8.40. The summed E-state index contributed by atoms with van der Waals surface area (Å²) in [5.74, 6) is 0. The summed E-state index contributed by atoms with van der Waals surface area (Å²) in [6.45, 7) is 4.00. The van der Waals surface area contributed by atoms with Gasteiger partial charge in [0.2, 0.25) is 0 Å². The lowest BCUT2D eigenvalue weighted by molar-refractivity contribution is 0.601. The van der Waals surface area contributed by atoms with Gasteiger partial charge in [0.15, 0.2) is 0 Å². The van der Waals surface area contributed by atoms with Crippen molar-refractivity contribution in [3.05, 3.63) is 74.7 Å². The number of anilines is 1. The minimum atomic E-state index is -3.78. The largest absolute Gasteiger partial charge is 0.280 e. The lowest BCUT2D eigenvalue weighted by Crippen LogP contribution is -2.12. The normalized spacial score (nSPS) is 10.8. The van der Waals surface area contributed by atoms with Gasteiger partial charge in [0, 0.05) is 17.6 Å². The number of hydrogen-bond donors (Lipinski definition) is 1. The van der Waals surface area contributed by atoms with Crippen LogP contribution in [0.25, 0.3) is 0 Å². The van der Waals surface area contributed by atoms with Crippen LogP contribution in [-0.4, -0.2) is 13.4 Å². The van der Waals surface area contributed by atoms with Crippen molar-refractivity contribution in [2.24, 2.45) is 0 Å². The Morgan fingerprint density at radius 3 is 2.44 bits per heavy atom. The maximum atomic E-state index is 12.5. The Labute approximate surface area is 174 Å². The van der Waals surface area contributed by atoms with E-state index >= 15 is 0 Å². The predicted molar refractivity (Wildman–Crippen MR) is 115 cm³/mol. The molecule has 2 aromatic heterocycles. The second-order valence-electron chi connectivity index (χ2n) is 5.32. The van der Waals surface area contributed by atoms with Crippen LogP contribution in [0.3, 0.4) is 0 Å². The summed E-state index contributed by atoms with van der Waals surface area (Å²) < 4.78 is 28.0. The summed E-state index contributed by atoms with van der Waals surface area (Å²) in [5.41, 5.74) is 2.49. The Balaban J connectivity index is 0.00000126. The van der Waals surface area contributed by atoms with Crippen LogP contribution in [0.5, 0.6) is 0 Å². The van der Waals surface area contributed by atoms with Crippen LogP contribution in [0.1, 0.15) is 25.1 Å². The molecule has 27 heavy (non-hydrogen) atoms. The van der Waals surface area contributed by atoms with Gasteiger partial charge in [-0.1, -0.05) is 55.2 Å². The van der Waals surface area contributed by atoms with Crippen molar-refractivity contribution in [3.8, 4) is 0 Å². The molecule has 3 rings (SSSR count). The lowest BCUT2D eigenvalue weighted by atomic mass is 10.1. The minimum absolute atomic E-state index is 0.0111. The zero-order valence-electron chi connectivity index (χ0n) is 14.9. The van der Waals surface area contributed by atoms with Gasteiger partial charge >= 0.3 is 0 Å². The summed E-state index contributed by atoms with van der Waals surface area (Å²) >= 11 is 12.8. The Morgan fingerprint density at radius 2 is 1.81 bits per heavy atom. The fourth-order valence-corrected chi connectivity index (χ4v) is 5.53. The molecule has 0 spiro atoms. The minimum Gasteiger partial charge on any atom is -0.280 e. The molecular weight excluding hydrogens is 423 g/mol. The second kappa shape index (κ2) is 10.1. The third-order valence-corrected chi connectivity index (χ3v) is 6.62. The van der Waals surface area contributed by atoms with Gasteiger partial charge in [0.1, 0.15) is 9.23 Å². The summed E-state index contributed by atoms with van der Waals surface area (Å²) in [4.78, 5) is 4.28. The molecule has 0 bridgehead atoms. The van der Waals surface area contributed by atoms with E-state index in [0.717, 1.165) is 35.4 Å². The molecule has 0 aliphatic carbocycles. The summed E-state index contributed by atoms with van der Waals surface area (Å²) in [6.07, 6.45) is 3.30. The van der Waals surface area contributed by atoms with Crippen molar-refractivity contribution in [2.75, 3.05) is 4.72 Å². The molecule has 144 valence electrons. The van der Waals surface area contributed by atoms with Crippen LogP contribution in [-0.2, 0) is 22.9 Å². The first kappa shape index (κ1) is 21.7. The topological polar surface area (TPSA) is 59.1 Å². The third-order valence-electron chi connectivity index (χ3n) is 3.49.